The summed E-state index contributed by atoms with van der Waals surface area (Å²) in [6, 6.07) is 7.54. The number of ether oxygens (including phenoxy) is 1. The third kappa shape index (κ3) is 3.52. The molecule has 0 unspecified atom stereocenters. The lowest BCUT2D eigenvalue weighted by molar-refractivity contribution is 0.102. The minimum atomic E-state index is -0.289. The van der Waals surface area contributed by atoms with Crippen LogP contribution in [0, 0.1) is 0 Å². The number of rotatable bonds is 1. The van der Waals surface area contributed by atoms with Gasteiger partial charge in [0.05, 0.1) is 6.61 Å². The number of nitrogens with zero attached hydrogens (tertiary/aromatic N) is 5. The quantitative estimate of drug-likeness (QED) is 0.640. The van der Waals surface area contributed by atoms with Crippen molar-refractivity contribution in [3.63, 3.8) is 0 Å². The highest BCUT2D eigenvalue weighted by Crippen LogP contribution is 2.27. The van der Waals surface area contributed by atoms with Crippen molar-refractivity contribution < 1.29 is 9.53 Å². The average Bonchev–Trinajstić information content (AvgIpc) is 3.20. The first-order valence-corrected chi connectivity index (χ1v) is 10.2. The van der Waals surface area contributed by atoms with E-state index in [0.717, 1.165) is 31.5 Å². The van der Waals surface area contributed by atoms with Gasteiger partial charge in [0.1, 0.15) is 23.4 Å². The van der Waals surface area contributed by atoms with Crippen molar-refractivity contribution in [2.24, 2.45) is 0 Å². The minimum absolute atomic E-state index is 0.183. The zero-order valence-electron chi connectivity index (χ0n) is 16.7. The molecule has 0 saturated carbocycles. The summed E-state index contributed by atoms with van der Waals surface area (Å²) in [6.07, 6.45) is 5.21. The summed E-state index contributed by atoms with van der Waals surface area (Å²) in [7, 11) is 0. The van der Waals surface area contributed by atoms with Crippen LogP contribution in [0.3, 0.4) is 0 Å². The number of amides is 1. The second-order valence-corrected chi connectivity index (χ2v) is 7.74. The van der Waals surface area contributed by atoms with Gasteiger partial charge < -0.3 is 19.9 Å². The van der Waals surface area contributed by atoms with Gasteiger partial charge in [-0.1, -0.05) is 6.07 Å². The molecule has 0 aromatic carbocycles. The fourth-order valence-corrected chi connectivity index (χ4v) is 3.74. The van der Waals surface area contributed by atoms with E-state index in [1.54, 1.807) is 12.4 Å². The molecule has 1 saturated heterocycles. The van der Waals surface area contributed by atoms with E-state index in [0.29, 0.717) is 41.3 Å². The van der Waals surface area contributed by atoms with Crippen LogP contribution in [0.15, 0.2) is 36.8 Å². The van der Waals surface area contributed by atoms with Crippen LogP contribution in [0.2, 0.25) is 0 Å². The smallest absolute Gasteiger partial charge is 0.262 e. The van der Waals surface area contributed by atoms with E-state index in [9.17, 15) is 4.79 Å². The average molecular weight is 405 g/mol. The zero-order chi connectivity index (χ0) is 20.5. The molecule has 2 aliphatic rings. The number of fused-ring (bicyclic) bond motifs is 5. The van der Waals surface area contributed by atoms with E-state index < -0.39 is 0 Å². The molecule has 5 rings (SSSR count). The maximum Gasteiger partial charge on any atom is 0.262 e. The molecule has 1 fully saturated rings. The lowest BCUT2D eigenvalue weighted by atomic mass is 9.94. The SMILES string of the molecule is C[C@H]1CCCOc2ncc(C3CNC3)cc2C(=O)Nc2cccc(n2)-c2nncn21. The van der Waals surface area contributed by atoms with Crippen LogP contribution in [0.4, 0.5) is 5.82 Å². The Balaban J connectivity index is 1.53. The number of nitrogens with one attached hydrogen (secondary N) is 2. The number of carbonyl (C=O) groups excluding carboxylic acids is 1. The Labute approximate surface area is 173 Å². The largest absolute Gasteiger partial charge is 0.477 e. The van der Waals surface area contributed by atoms with Crippen LogP contribution in [-0.2, 0) is 0 Å². The van der Waals surface area contributed by atoms with Crippen LogP contribution >= 0.6 is 0 Å². The van der Waals surface area contributed by atoms with Crippen LogP contribution < -0.4 is 15.4 Å². The van der Waals surface area contributed by atoms with Gasteiger partial charge in [-0.2, -0.15) is 0 Å². The summed E-state index contributed by atoms with van der Waals surface area (Å²) in [4.78, 5) is 22.1. The summed E-state index contributed by atoms with van der Waals surface area (Å²) in [5.74, 6) is 1.56. The summed E-state index contributed by atoms with van der Waals surface area (Å²) in [6.45, 7) is 4.38. The second kappa shape index (κ2) is 7.83. The van der Waals surface area contributed by atoms with Gasteiger partial charge in [0.25, 0.3) is 5.91 Å². The lowest BCUT2D eigenvalue weighted by Gasteiger charge is -2.27. The topological polar surface area (TPSA) is 107 Å². The monoisotopic (exact) mass is 405 g/mol. The van der Waals surface area contributed by atoms with Gasteiger partial charge >= 0.3 is 0 Å². The molecule has 5 heterocycles. The highest BCUT2D eigenvalue weighted by atomic mass is 16.5. The van der Waals surface area contributed by atoms with E-state index in [1.165, 1.54) is 0 Å². The van der Waals surface area contributed by atoms with Crippen LogP contribution in [0.1, 0.15) is 47.6 Å². The van der Waals surface area contributed by atoms with Crippen LogP contribution in [0.25, 0.3) is 11.5 Å². The molecule has 9 heteroatoms. The minimum Gasteiger partial charge on any atom is -0.477 e. The predicted octanol–water partition coefficient (Wildman–Crippen LogP) is 2.41. The van der Waals surface area contributed by atoms with Crippen molar-refractivity contribution in [3.05, 3.63) is 47.9 Å². The summed E-state index contributed by atoms with van der Waals surface area (Å²) in [5, 5.41) is 14.4. The first kappa shape index (κ1) is 18.7. The van der Waals surface area contributed by atoms with Gasteiger partial charge in [-0.25, -0.2) is 9.97 Å². The molecule has 30 heavy (non-hydrogen) atoms. The second-order valence-electron chi connectivity index (χ2n) is 7.74. The van der Waals surface area contributed by atoms with Crippen molar-refractivity contribution in [2.45, 2.75) is 31.7 Å². The number of hydrogen-bond acceptors (Lipinski definition) is 7. The van der Waals surface area contributed by atoms with Crippen LogP contribution in [0.5, 0.6) is 5.88 Å². The van der Waals surface area contributed by atoms with Crippen molar-refractivity contribution in [1.29, 1.82) is 0 Å². The van der Waals surface area contributed by atoms with E-state index in [-0.39, 0.29) is 11.9 Å². The maximum atomic E-state index is 13.1. The Kier molecular flexibility index (Phi) is 4.88. The molecule has 1 atom stereocenters. The Hall–Kier alpha value is -3.33. The Morgan fingerprint density at radius 3 is 3.00 bits per heavy atom. The van der Waals surface area contributed by atoms with Crippen molar-refractivity contribution in [3.8, 4) is 17.4 Å². The third-order valence-electron chi connectivity index (χ3n) is 5.64. The van der Waals surface area contributed by atoms with Crippen molar-refractivity contribution in [1.82, 2.24) is 30.0 Å². The predicted molar refractivity (Wildman–Crippen MR) is 110 cm³/mol. The molecule has 2 aliphatic heterocycles. The van der Waals surface area contributed by atoms with E-state index in [4.69, 9.17) is 4.74 Å². The molecule has 3 aromatic heterocycles. The van der Waals surface area contributed by atoms with Gasteiger partial charge in [0, 0.05) is 31.2 Å². The fourth-order valence-electron chi connectivity index (χ4n) is 3.74. The van der Waals surface area contributed by atoms with Gasteiger partial charge in [0.2, 0.25) is 5.88 Å². The number of carbonyl (C=O) groups is 1. The lowest BCUT2D eigenvalue weighted by Crippen LogP contribution is -2.40. The van der Waals surface area contributed by atoms with Crippen LogP contribution in [-0.4, -0.2) is 50.3 Å². The molecule has 0 spiro atoms. The number of aromatic nitrogens is 5. The molecular formula is C21H23N7O2. The van der Waals surface area contributed by atoms with Gasteiger partial charge in [-0.3, -0.25) is 4.79 Å². The number of pyridine rings is 2. The first-order valence-electron chi connectivity index (χ1n) is 10.2. The maximum absolute atomic E-state index is 13.1. The Morgan fingerprint density at radius 1 is 1.27 bits per heavy atom. The van der Waals surface area contributed by atoms with Crippen molar-refractivity contribution >= 4 is 11.7 Å². The van der Waals surface area contributed by atoms with Gasteiger partial charge in [-0.05, 0) is 43.5 Å². The normalized spacial score (nSPS) is 19.5. The molecule has 3 aromatic rings. The van der Waals surface area contributed by atoms with Gasteiger partial charge in [0.15, 0.2) is 5.82 Å². The Morgan fingerprint density at radius 2 is 2.17 bits per heavy atom. The molecule has 154 valence electrons. The zero-order valence-corrected chi connectivity index (χ0v) is 16.7. The van der Waals surface area contributed by atoms with E-state index >= 15 is 0 Å². The fraction of sp³-hybridized carbons (Fsp3) is 0.381. The van der Waals surface area contributed by atoms with E-state index in [1.807, 2.05) is 29.0 Å². The molecular weight excluding hydrogens is 382 g/mol. The summed E-state index contributed by atoms with van der Waals surface area (Å²) < 4.78 is 7.92. The highest BCUT2D eigenvalue weighted by molar-refractivity contribution is 6.05. The first-order chi connectivity index (χ1) is 14.7. The summed E-state index contributed by atoms with van der Waals surface area (Å²) >= 11 is 0. The van der Waals surface area contributed by atoms with Gasteiger partial charge in [-0.15, -0.1) is 10.2 Å². The molecule has 9 nitrogen and oxygen atoms in total. The summed E-state index contributed by atoms with van der Waals surface area (Å²) in [5.41, 5.74) is 2.13. The molecule has 0 aliphatic carbocycles. The highest BCUT2D eigenvalue weighted by Gasteiger charge is 2.24. The standard InChI is InChI=1S/C21H23N7O2/c1-13-4-3-7-30-21-16(8-14(11-23-21)15-9-22-10-15)20(29)26-18-6-2-5-17(25-18)19-27-24-12-28(13)19/h2,5-6,8,11-13,15,22H,3-4,7,9-10H2,1H3,(H,25,26,29)/t13-/m0/s1. The molecule has 1 amide bonds. The third-order valence-corrected chi connectivity index (χ3v) is 5.64. The van der Waals surface area contributed by atoms with E-state index in [2.05, 4.69) is 37.7 Å². The molecule has 2 bridgehead atoms. The molecule has 2 N–H and O–H groups in total. The number of hydrogen-bond donors (Lipinski definition) is 2. The Bertz CT molecular complexity index is 1080. The van der Waals surface area contributed by atoms with Crippen molar-refractivity contribution in [2.75, 3.05) is 25.0 Å². The molecule has 0 radical (unpaired) electrons. The number of anilines is 1.